The Morgan fingerprint density at radius 1 is 0.717 bits per heavy atom. The zero-order valence-electron chi connectivity index (χ0n) is 37.6. The van der Waals surface area contributed by atoms with Gasteiger partial charge in [-0.2, -0.15) is 0 Å². The Balaban J connectivity index is 0.957. The van der Waals surface area contributed by atoms with E-state index in [4.69, 9.17) is 42.3 Å². The van der Waals surface area contributed by atoms with Crippen LogP contribution >= 0.6 is 0 Å². The van der Waals surface area contributed by atoms with Crippen LogP contribution in [0.1, 0.15) is 117 Å². The number of hydrogen-bond donors (Lipinski definition) is 0. The molecule has 8 rings (SSSR count). The Kier molecular flexibility index (Phi) is 13.6. The smallest absolute Gasteiger partial charge is 0.192 e. The quantitative estimate of drug-likeness (QED) is 0.0989. The molecule has 6 aliphatic rings. The fraction of sp³-hybridized carbons (Fsp3) is 0.720. The first-order valence-corrected chi connectivity index (χ1v) is 26.0. The predicted molar refractivity (Wildman–Crippen MR) is 235 cm³/mol. The molecule has 14 atom stereocenters. The van der Waals surface area contributed by atoms with Crippen molar-refractivity contribution in [1.82, 2.24) is 0 Å². The van der Waals surface area contributed by atoms with Crippen LogP contribution in [0.25, 0.3) is 0 Å². The van der Waals surface area contributed by atoms with Crippen molar-refractivity contribution < 1.29 is 42.3 Å². The van der Waals surface area contributed by atoms with Gasteiger partial charge in [0, 0.05) is 38.7 Å². The molecule has 6 aliphatic heterocycles. The molecule has 0 saturated carbocycles. The van der Waals surface area contributed by atoms with E-state index >= 15 is 0 Å². The lowest BCUT2D eigenvalue weighted by molar-refractivity contribution is -0.372. The highest BCUT2D eigenvalue weighted by molar-refractivity contribution is 6.73. The lowest BCUT2D eigenvalue weighted by atomic mass is 9.72. The molecule has 0 amide bonds. The van der Waals surface area contributed by atoms with E-state index < -0.39 is 30.7 Å². The molecule has 0 aliphatic carbocycles. The molecule has 6 fully saturated rings. The number of hydrogen-bond acceptors (Lipinski definition) is 9. The predicted octanol–water partition coefficient (Wildman–Crippen LogP) is 10.0. The summed E-state index contributed by atoms with van der Waals surface area (Å²) < 4.78 is 63.1. The second-order valence-electron chi connectivity index (χ2n) is 19.8. The van der Waals surface area contributed by atoms with Crippen molar-refractivity contribution in [3.8, 4) is 0 Å². The molecule has 9 nitrogen and oxygen atoms in total. The Bertz CT molecular complexity index is 1700. The number of rotatable bonds is 15. The first-order chi connectivity index (χ1) is 28.9. The first-order valence-electron chi connectivity index (χ1n) is 23.4. The topological polar surface area (TPSA) is 83.1 Å². The number of fused-ring (bicyclic) bond motifs is 5. The van der Waals surface area contributed by atoms with Crippen LogP contribution in [0.2, 0.25) is 18.1 Å². The average Bonchev–Trinajstić information content (AvgIpc) is 3.37. The molecule has 0 bridgehead atoms. The van der Waals surface area contributed by atoms with E-state index in [-0.39, 0.29) is 61.0 Å². The fourth-order valence-corrected chi connectivity index (χ4v) is 15.0. The van der Waals surface area contributed by atoms with Crippen molar-refractivity contribution in [2.75, 3.05) is 6.61 Å². The van der Waals surface area contributed by atoms with Crippen molar-refractivity contribution >= 4 is 8.32 Å². The highest BCUT2D eigenvalue weighted by Gasteiger charge is 2.64. The van der Waals surface area contributed by atoms with Gasteiger partial charge in [-0.1, -0.05) is 87.5 Å². The maximum absolute atomic E-state index is 7.38. The summed E-state index contributed by atoms with van der Waals surface area (Å²) in [5, 5.41) is 0. The van der Waals surface area contributed by atoms with Gasteiger partial charge in [-0.15, -0.1) is 6.58 Å². The highest BCUT2D eigenvalue weighted by Crippen LogP contribution is 2.53. The third kappa shape index (κ3) is 9.04. The molecule has 0 aromatic heterocycles. The van der Waals surface area contributed by atoms with E-state index in [1.54, 1.807) is 0 Å². The van der Waals surface area contributed by atoms with E-state index in [1.807, 2.05) is 18.2 Å². The minimum absolute atomic E-state index is 0.0354. The molecule has 332 valence electrons. The molecule has 0 N–H and O–H groups in total. The van der Waals surface area contributed by atoms with Crippen molar-refractivity contribution in [1.29, 1.82) is 0 Å². The lowest BCUT2D eigenvalue weighted by Crippen LogP contribution is -2.72. The van der Waals surface area contributed by atoms with Crippen LogP contribution < -0.4 is 0 Å². The van der Waals surface area contributed by atoms with Crippen LogP contribution in [0.15, 0.2) is 73.3 Å². The van der Waals surface area contributed by atoms with Crippen LogP contribution in [0.4, 0.5) is 0 Å². The van der Waals surface area contributed by atoms with Gasteiger partial charge in [0.05, 0.1) is 85.0 Å². The van der Waals surface area contributed by atoms with Gasteiger partial charge in [-0.05, 0) is 82.6 Å². The lowest BCUT2D eigenvalue weighted by Gasteiger charge is -2.62. The van der Waals surface area contributed by atoms with Gasteiger partial charge in [0.25, 0.3) is 0 Å². The average molecular weight is 847 g/mol. The number of ether oxygens (including phenoxy) is 8. The summed E-state index contributed by atoms with van der Waals surface area (Å²) in [7, 11) is -1.95. The SMILES string of the molecule is C=C[C@H]1O[C@H]2CC[C@H]3O[C@H]4C[C@@]5(C)O[C@@]6(C)[C@@H](OCc7ccccc7)C[C@H](CCCOCc7ccccc7)O[C@@H]6C[C@@H]5O[C@@H]4C[C@@H]3O[C@]2(C)C[C@]1(C)O[Si](CC)(CC)CC. The van der Waals surface area contributed by atoms with Crippen molar-refractivity contribution in [3.63, 3.8) is 0 Å². The van der Waals surface area contributed by atoms with Crippen molar-refractivity contribution in [2.45, 2.75) is 221 Å². The highest BCUT2D eigenvalue weighted by atomic mass is 28.4. The third-order valence-corrected chi connectivity index (χ3v) is 20.3. The summed E-state index contributed by atoms with van der Waals surface area (Å²) in [6.45, 7) is 21.8. The molecule has 60 heavy (non-hydrogen) atoms. The molecular formula is C50H74O9Si. The third-order valence-electron chi connectivity index (χ3n) is 15.5. The Morgan fingerprint density at radius 2 is 1.42 bits per heavy atom. The van der Waals surface area contributed by atoms with E-state index in [9.17, 15) is 0 Å². The van der Waals surface area contributed by atoms with Gasteiger partial charge in [0.2, 0.25) is 0 Å². The van der Waals surface area contributed by atoms with E-state index in [0.29, 0.717) is 19.8 Å². The molecule has 6 saturated heterocycles. The van der Waals surface area contributed by atoms with Crippen LogP contribution in [-0.2, 0) is 55.5 Å². The largest absolute Gasteiger partial charge is 0.409 e. The van der Waals surface area contributed by atoms with Gasteiger partial charge in [0.15, 0.2) is 8.32 Å². The molecule has 0 spiro atoms. The molecule has 2 aromatic carbocycles. The Morgan fingerprint density at radius 3 is 2.10 bits per heavy atom. The fourth-order valence-electron chi connectivity index (χ4n) is 11.9. The molecule has 6 heterocycles. The second kappa shape index (κ2) is 18.3. The van der Waals surface area contributed by atoms with E-state index in [1.165, 1.54) is 5.56 Å². The normalized spacial score (nSPS) is 41.5. The van der Waals surface area contributed by atoms with Crippen LogP contribution in [0, 0.1) is 0 Å². The van der Waals surface area contributed by atoms with Gasteiger partial charge in [0.1, 0.15) is 11.7 Å². The standard InChI is InChI=1S/C50H74O9Si/c1-9-42-49(7,59-60(10-2,11-3)12-4)34-48(6)43(56-42)26-25-38-40(57-48)29-39-41(54-38)31-47(5)44(55-39)30-46-50(8,58-47)45(52-33-36-22-17-14-18-23-36)28-37(53-46)24-19-27-51-32-35-20-15-13-16-21-35/h9,13-18,20-23,37-46H,1,10-12,19,24-34H2,2-8H3/t37-,38+,39+,40-,41-,42+,43-,44-,45-,46+,47+,48+,49-,50-/m0/s1. The van der Waals surface area contributed by atoms with Gasteiger partial charge in [-0.3, -0.25) is 0 Å². The minimum Gasteiger partial charge on any atom is -0.409 e. The number of benzene rings is 2. The second-order valence-corrected chi connectivity index (χ2v) is 24.5. The summed E-state index contributed by atoms with van der Waals surface area (Å²) in [6.07, 6.45) is 8.25. The van der Waals surface area contributed by atoms with Gasteiger partial charge < -0.3 is 42.3 Å². The van der Waals surface area contributed by atoms with E-state index in [2.05, 4.69) is 104 Å². The summed E-state index contributed by atoms with van der Waals surface area (Å²) in [4.78, 5) is 0. The minimum atomic E-state index is -1.95. The Hall–Kier alpha value is -1.96. The molecule has 2 aromatic rings. The Labute approximate surface area is 361 Å². The summed E-state index contributed by atoms with van der Waals surface area (Å²) in [5.74, 6) is 0. The van der Waals surface area contributed by atoms with Crippen LogP contribution in [-0.4, -0.2) is 98.4 Å². The summed E-state index contributed by atoms with van der Waals surface area (Å²) in [5.41, 5.74) is 0.106. The molecule has 10 heteroatoms. The maximum Gasteiger partial charge on any atom is 0.192 e. The van der Waals surface area contributed by atoms with Crippen molar-refractivity contribution in [3.05, 3.63) is 84.4 Å². The monoisotopic (exact) mass is 847 g/mol. The van der Waals surface area contributed by atoms with Crippen LogP contribution in [0.5, 0.6) is 0 Å². The molecule has 0 radical (unpaired) electrons. The molecular weight excluding hydrogens is 773 g/mol. The maximum atomic E-state index is 7.38. The first kappa shape index (κ1) is 44.6. The summed E-state index contributed by atoms with van der Waals surface area (Å²) in [6, 6.07) is 24.1. The van der Waals surface area contributed by atoms with E-state index in [0.717, 1.165) is 81.5 Å². The van der Waals surface area contributed by atoms with Crippen LogP contribution in [0.3, 0.4) is 0 Å². The summed E-state index contributed by atoms with van der Waals surface area (Å²) >= 11 is 0. The zero-order chi connectivity index (χ0) is 42.2. The van der Waals surface area contributed by atoms with Crippen molar-refractivity contribution in [2.24, 2.45) is 0 Å². The zero-order valence-corrected chi connectivity index (χ0v) is 38.6. The van der Waals surface area contributed by atoms with Gasteiger partial charge >= 0.3 is 0 Å². The van der Waals surface area contributed by atoms with Gasteiger partial charge in [-0.25, -0.2) is 0 Å². The molecule has 0 unspecified atom stereocenters.